The summed E-state index contributed by atoms with van der Waals surface area (Å²) in [7, 11) is 0. The van der Waals surface area contributed by atoms with Crippen LogP contribution in [-0.4, -0.2) is 23.5 Å². The molecule has 3 rings (SSSR count). The predicted octanol–water partition coefficient (Wildman–Crippen LogP) is 2.48. The SMILES string of the molecule is Cc1cccc(NC(=O)CCNC2Cc3ccccc3C2)n1. The fraction of sp³-hybridized carbons (Fsp3) is 0.333. The Morgan fingerprint density at radius 1 is 1.14 bits per heavy atom. The maximum atomic E-state index is 11.9. The number of anilines is 1. The summed E-state index contributed by atoms with van der Waals surface area (Å²) in [5.74, 6) is 0.624. The van der Waals surface area contributed by atoms with Crippen molar-refractivity contribution in [1.29, 1.82) is 0 Å². The number of nitrogens with zero attached hydrogens (tertiary/aromatic N) is 1. The fourth-order valence-electron chi connectivity index (χ4n) is 2.91. The number of hydrogen-bond donors (Lipinski definition) is 2. The van der Waals surface area contributed by atoms with Crippen LogP contribution in [0.1, 0.15) is 23.2 Å². The number of amides is 1. The van der Waals surface area contributed by atoms with Crippen molar-refractivity contribution in [3.8, 4) is 0 Å². The van der Waals surface area contributed by atoms with Crippen LogP contribution in [0.5, 0.6) is 0 Å². The summed E-state index contributed by atoms with van der Waals surface area (Å²) in [5, 5.41) is 6.31. The number of benzene rings is 1. The first-order chi connectivity index (χ1) is 10.7. The Kier molecular flexibility index (Phi) is 4.49. The standard InChI is InChI=1S/C18H21N3O/c1-13-5-4-8-17(20-13)21-18(22)9-10-19-16-11-14-6-2-3-7-15(14)12-16/h2-8,16,19H,9-12H2,1H3,(H,20,21,22). The third-order valence-electron chi connectivity index (χ3n) is 3.99. The zero-order chi connectivity index (χ0) is 15.4. The Balaban J connectivity index is 1.41. The van der Waals surface area contributed by atoms with Gasteiger partial charge in [0, 0.05) is 24.7 Å². The number of carbonyl (C=O) groups is 1. The Morgan fingerprint density at radius 3 is 2.55 bits per heavy atom. The average Bonchev–Trinajstić information content (AvgIpc) is 2.90. The molecule has 0 unspecified atom stereocenters. The van der Waals surface area contributed by atoms with Crippen LogP contribution in [0.2, 0.25) is 0 Å². The average molecular weight is 295 g/mol. The molecule has 0 bridgehead atoms. The van der Waals surface area contributed by atoms with Gasteiger partial charge >= 0.3 is 0 Å². The monoisotopic (exact) mass is 295 g/mol. The van der Waals surface area contributed by atoms with E-state index in [-0.39, 0.29) is 5.91 Å². The third-order valence-corrected chi connectivity index (χ3v) is 3.99. The molecule has 0 saturated carbocycles. The van der Waals surface area contributed by atoms with Gasteiger partial charge in [-0.05, 0) is 43.0 Å². The minimum absolute atomic E-state index is 0.00103. The van der Waals surface area contributed by atoms with E-state index in [0.717, 1.165) is 18.5 Å². The quantitative estimate of drug-likeness (QED) is 0.891. The van der Waals surface area contributed by atoms with E-state index < -0.39 is 0 Å². The van der Waals surface area contributed by atoms with E-state index in [9.17, 15) is 4.79 Å². The number of fused-ring (bicyclic) bond motifs is 1. The zero-order valence-electron chi connectivity index (χ0n) is 12.8. The number of aromatic nitrogens is 1. The van der Waals surface area contributed by atoms with Crippen molar-refractivity contribution in [2.45, 2.75) is 32.2 Å². The maximum absolute atomic E-state index is 11.9. The lowest BCUT2D eigenvalue weighted by Crippen LogP contribution is -2.32. The minimum atomic E-state index is 0.00103. The van der Waals surface area contributed by atoms with E-state index in [1.807, 2.05) is 25.1 Å². The molecule has 4 heteroatoms. The molecule has 1 amide bonds. The van der Waals surface area contributed by atoms with Crippen molar-refractivity contribution >= 4 is 11.7 Å². The van der Waals surface area contributed by atoms with Crippen molar-refractivity contribution < 1.29 is 4.79 Å². The smallest absolute Gasteiger partial charge is 0.226 e. The highest BCUT2D eigenvalue weighted by Gasteiger charge is 2.20. The normalized spacial score (nSPS) is 13.9. The number of nitrogens with one attached hydrogen (secondary N) is 2. The number of aryl methyl sites for hydroxylation is 1. The first-order valence-electron chi connectivity index (χ1n) is 7.74. The molecule has 2 aromatic rings. The van der Waals surface area contributed by atoms with Gasteiger partial charge in [0.25, 0.3) is 0 Å². The first-order valence-corrected chi connectivity index (χ1v) is 7.74. The lowest BCUT2D eigenvalue weighted by Gasteiger charge is -2.11. The van der Waals surface area contributed by atoms with Gasteiger partial charge in [0.1, 0.15) is 5.82 Å². The molecule has 1 aromatic heterocycles. The molecule has 0 aliphatic heterocycles. The molecule has 114 valence electrons. The second kappa shape index (κ2) is 6.71. The van der Waals surface area contributed by atoms with E-state index in [0.29, 0.717) is 24.8 Å². The van der Waals surface area contributed by atoms with Crippen molar-refractivity contribution in [3.05, 3.63) is 59.3 Å². The molecule has 22 heavy (non-hydrogen) atoms. The zero-order valence-corrected chi connectivity index (χ0v) is 12.8. The lowest BCUT2D eigenvalue weighted by atomic mass is 10.1. The minimum Gasteiger partial charge on any atom is -0.313 e. The Bertz CT molecular complexity index is 644. The highest BCUT2D eigenvalue weighted by Crippen LogP contribution is 2.21. The molecule has 1 heterocycles. The summed E-state index contributed by atoms with van der Waals surface area (Å²) >= 11 is 0. The Morgan fingerprint density at radius 2 is 1.86 bits per heavy atom. The molecule has 0 radical (unpaired) electrons. The summed E-state index contributed by atoms with van der Waals surface area (Å²) in [6.07, 6.45) is 2.57. The molecule has 0 spiro atoms. The van der Waals surface area contributed by atoms with Crippen molar-refractivity contribution in [2.75, 3.05) is 11.9 Å². The van der Waals surface area contributed by atoms with Crippen LogP contribution in [0.15, 0.2) is 42.5 Å². The molecule has 4 nitrogen and oxygen atoms in total. The highest BCUT2D eigenvalue weighted by atomic mass is 16.1. The van der Waals surface area contributed by atoms with Gasteiger partial charge in [0.05, 0.1) is 0 Å². The molecule has 1 aromatic carbocycles. The second-order valence-electron chi connectivity index (χ2n) is 5.79. The van der Waals surface area contributed by atoms with E-state index >= 15 is 0 Å². The molecule has 1 aliphatic rings. The van der Waals surface area contributed by atoms with E-state index in [2.05, 4.69) is 39.9 Å². The van der Waals surface area contributed by atoms with Gasteiger partial charge < -0.3 is 10.6 Å². The van der Waals surface area contributed by atoms with Gasteiger partial charge in [-0.2, -0.15) is 0 Å². The molecule has 0 atom stereocenters. The highest BCUT2D eigenvalue weighted by molar-refractivity contribution is 5.89. The summed E-state index contributed by atoms with van der Waals surface area (Å²) in [5.41, 5.74) is 3.75. The number of pyridine rings is 1. The summed E-state index contributed by atoms with van der Waals surface area (Å²) in [6, 6.07) is 14.6. The Hall–Kier alpha value is -2.20. The van der Waals surface area contributed by atoms with Crippen LogP contribution in [0.4, 0.5) is 5.82 Å². The van der Waals surface area contributed by atoms with Gasteiger partial charge in [-0.15, -0.1) is 0 Å². The van der Waals surface area contributed by atoms with Crippen molar-refractivity contribution in [3.63, 3.8) is 0 Å². The van der Waals surface area contributed by atoms with Gasteiger partial charge in [-0.25, -0.2) is 4.98 Å². The van der Waals surface area contributed by atoms with E-state index in [1.165, 1.54) is 11.1 Å². The van der Waals surface area contributed by atoms with Gasteiger partial charge in [-0.3, -0.25) is 4.79 Å². The van der Waals surface area contributed by atoms with Gasteiger partial charge in [0.2, 0.25) is 5.91 Å². The van der Waals surface area contributed by atoms with Crippen LogP contribution in [0.25, 0.3) is 0 Å². The fourth-order valence-corrected chi connectivity index (χ4v) is 2.91. The molecule has 2 N–H and O–H groups in total. The van der Waals surface area contributed by atoms with Crippen LogP contribution >= 0.6 is 0 Å². The molecular weight excluding hydrogens is 274 g/mol. The summed E-state index contributed by atoms with van der Waals surface area (Å²) in [4.78, 5) is 16.2. The van der Waals surface area contributed by atoms with Crippen molar-refractivity contribution in [1.82, 2.24) is 10.3 Å². The van der Waals surface area contributed by atoms with Crippen LogP contribution in [0.3, 0.4) is 0 Å². The number of hydrogen-bond acceptors (Lipinski definition) is 3. The van der Waals surface area contributed by atoms with Crippen molar-refractivity contribution in [2.24, 2.45) is 0 Å². The summed E-state index contributed by atoms with van der Waals surface area (Å²) < 4.78 is 0. The third kappa shape index (κ3) is 3.71. The second-order valence-corrected chi connectivity index (χ2v) is 5.79. The van der Waals surface area contributed by atoms with Gasteiger partial charge in [-0.1, -0.05) is 30.3 Å². The molecule has 1 aliphatic carbocycles. The van der Waals surface area contributed by atoms with Crippen LogP contribution < -0.4 is 10.6 Å². The molecule has 0 fully saturated rings. The van der Waals surface area contributed by atoms with E-state index in [1.54, 1.807) is 0 Å². The topological polar surface area (TPSA) is 54.0 Å². The first kappa shape index (κ1) is 14.7. The van der Waals surface area contributed by atoms with Gasteiger partial charge in [0.15, 0.2) is 0 Å². The predicted molar refractivity (Wildman–Crippen MR) is 87.9 cm³/mol. The molecular formula is C18H21N3O. The lowest BCUT2D eigenvalue weighted by molar-refractivity contribution is -0.116. The summed E-state index contributed by atoms with van der Waals surface area (Å²) in [6.45, 7) is 2.60. The number of carbonyl (C=O) groups excluding carboxylic acids is 1. The maximum Gasteiger partial charge on any atom is 0.226 e. The van der Waals surface area contributed by atoms with Crippen LogP contribution in [0, 0.1) is 6.92 Å². The Labute approximate surface area is 131 Å². The largest absolute Gasteiger partial charge is 0.313 e. The number of rotatable bonds is 5. The van der Waals surface area contributed by atoms with Crippen LogP contribution in [-0.2, 0) is 17.6 Å². The van der Waals surface area contributed by atoms with E-state index in [4.69, 9.17) is 0 Å². The molecule has 0 saturated heterocycles.